The number of rotatable bonds is 8. The van der Waals surface area contributed by atoms with Crippen molar-refractivity contribution in [3.63, 3.8) is 0 Å². The first-order valence-electron chi connectivity index (χ1n) is 11.5. The first-order chi connectivity index (χ1) is 18.1. The molecule has 0 radical (unpaired) electrons. The van der Waals surface area contributed by atoms with Gasteiger partial charge in [-0.05, 0) is 30.0 Å². The third kappa shape index (κ3) is 5.02. The predicted octanol–water partition coefficient (Wildman–Crippen LogP) is 2.08. The number of fused-ring (bicyclic) bond motifs is 1. The quantitative estimate of drug-likeness (QED) is 0.339. The highest BCUT2D eigenvalue weighted by Gasteiger charge is 2.41. The number of nitro groups is 1. The molecule has 14 nitrogen and oxygen atoms in total. The Labute approximate surface area is 214 Å². The zero-order valence-corrected chi connectivity index (χ0v) is 20.3. The van der Waals surface area contributed by atoms with Crippen LogP contribution in [0.3, 0.4) is 0 Å². The Balaban J connectivity index is 1.20. The van der Waals surface area contributed by atoms with Crippen molar-refractivity contribution in [2.45, 2.75) is 32.1 Å². The molecule has 0 aliphatic carbocycles. The Morgan fingerprint density at radius 2 is 2.13 bits per heavy atom. The molecule has 0 spiro atoms. The van der Waals surface area contributed by atoms with E-state index in [1.165, 1.54) is 47.1 Å². The number of anilines is 1. The van der Waals surface area contributed by atoms with Crippen LogP contribution < -0.4 is 19.7 Å². The molecule has 198 valence electrons. The molecule has 2 atom stereocenters. The summed E-state index contributed by atoms with van der Waals surface area (Å²) in [4.78, 5) is 46.9. The minimum Gasteiger partial charge on any atom is -0.459 e. The van der Waals surface area contributed by atoms with Crippen LogP contribution in [0, 0.1) is 15.9 Å². The van der Waals surface area contributed by atoms with Gasteiger partial charge in [-0.25, -0.2) is 19.2 Å². The fourth-order valence-electron chi connectivity index (χ4n) is 4.11. The van der Waals surface area contributed by atoms with Gasteiger partial charge >= 0.3 is 23.9 Å². The van der Waals surface area contributed by atoms with Crippen molar-refractivity contribution in [1.29, 1.82) is 0 Å². The molecule has 38 heavy (non-hydrogen) atoms. The van der Waals surface area contributed by atoms with E-state index in [0.29, 0.717) is 11.3 Å². The fraction of sp³-hybridized carbons (Fsp3) is 0.348. The summed E-state index contributed by atoms with van der Waals surface area (Å²) in [6, 6.07) is 4.47. The minimum absolute atomic E-state index is 0.0381. The van der Waals surface area contributed by atoms with E-state index >= 15 is 0 Å². The summed E-state index contributed by atoms with van der Waals surface area (Å²) >= 11 is 0. The van der Waals surface area contributed by atoms with Gasteiger partial charge in [-0.1, -0.05) is 0 Å². The summed E-state index contributed by atoms with van der Waals surface area (Å²) in [7, 11) is 0. The number of aromatic nitrogens is 4. The van der Waals surface area contributed by atoms with Crippen LogP contribution in [0.4, 0.5) is 20.7 Å². The highest BCUT2D eigenvalue weighted by atomic mass is 19.1. The van der Waals surface area contributed by atoms with Crippen molar-refractivity contribution in [3.05, 3.63) is 52.7 Å². The molecule has 1 fully saturated rings. The maximum absolute atomic E-state index is 15.0. The van der Waals surface area contributed by atoms with Crippen molar-refractivity contribution in [2.75, 3.05) is 24.6 Å². The second kappa shape index (κ2) is 9.57. The molecule has 1 N–H and O–H groups in total. The lowest BCUT2D eigenvalue weighted by Gasteiger charge is -2.21. The third-order valence-corrected chi connectivity index (χ3v) is 5.92. The molecule has 2 aliphatic rings. The molecule has 2 amide bonds. The summed E-state index contributed by atoms with van der Waals surface area (Å²) in [6.07, 6.45) is 2.94. The number of amides is 2. The number of hydrogen-bond donors (Lipinski definition) is 1. The monoisotopic (exact) mass is 527 g/mol. The lowest BCUT2D eigenvalue weighted by Crippen LogP contribution is -2.38. The molecule has 2 aliphatic heterocycles. The molecular weight excluding hydrogens is 505 g/mol. The van der Waals surface area contributed by atoms with Crippen molar-refractivity contribution in [3.8, 4) is 23.1 Å². The maximum atomic E-state index is 15.0. The average Bonchev–Trinajstić information content (AvgIpc) is 3.53. The zero-order valence-electron chi connectivity index (χ0n) is 20.3. The highest BCUT2D eigenvalue weighted by molar-refractivity contribution is 5.90. The van der Waals surface area contributed by atoms with Crippen LogP contribution >= 0.6 is 0 Å². The Kier molecular flexibility index (Phi) is 6.26. The molecule has 2 unspecified atom stereocenters. The maximum Gasteiger partial charge on any atom is 0.415 e. The Morgan fingerprint density at radius 1 is 1.37 bits per heavy atom. The van der Waals surface area contributed by atoms with Crippen LogP contribution in [0.1, 0.15) is 13.8 Å². The Morgan fingerprint density at radius 3 is 2.79 bits per heavy atom. The molecule has 4 heterocycles. The first kappa shape index (κ1) is 24.9. The smallest absolute Gasteiger partial charge is 0.415 e. The molecule has 1 aromatic carbocycles. The number of imidazole rings is 1. The third-order valence-electron chi connectivity index (χ3n) is 5.92. The van der Waals surface area contributed by atoms with Gasteiger partial charge in [-0.2, -0.15) is 0 Å². The van der Waals surface area contributed by atoms with Gasteiger partial charge in [0, 0.05) is 35.4 Å². The number of hydrogen-bond acceptors (Lipinski definition) is 10. The molecular formula is C23H22FN7O7. The van der Waals surface area contributed by atoms with E-state index in [0.717, 1.165) is 0 Å². The average molecular weight is 527 g/mol. The fourth-order valence-corrected chi connectivity index (χ4v) is 4.11. The number of nitrogens with zero attached hydrogens (tertiary/aromatic N) is 6. The Bertz CT molecular complexity index is 1390. The van der Waals surface area contributed by atoms with Gasteiger partial charge in [0.25, 0.3) is 0 Å². The molecule has 5 rings (SSSR count). The van der Waals surface area contributed by atoms with E-state index in [9.17, 15) is 24.1 Å². The van der Waals surface area contributed by atoms with E-state index in [2.05, 4.69) is 20.3 Å². The lowest BCUT2D eigenvalue weighted by atomic mass is 10.1. The second-order valence-corrected chi connectivity index (χ2v) is 9.08. The van der Waals surface area contributed by atoms with Gasteiger partial charge in [-0.3, -0.25) is 14.3 Å². The summed E-state index contributed by atoms with van der Waals surface area (Å²) in [5.41, 5.74) is 0.0993. The van der Waals surface area contributed by atoms with Gasteiger partial charge in [0.1, 0.15) is 24.7 Å². The van der Waals surface area contributed by atoms with Crippen molar-refractivity contribution >= 4 is 23.5 Å². The van der Waals surface area contributed by atoms with Crippen LogP contribution in [-0.2, 0) is 16.1 Å². The number of carbonyl (C=O) groups is 2. The van der Waals surface area contributed by atoms with E-state index in [4.69, 9.17) is 14.2 Å². The van der Waals surface area contributed by atoms with E-state index < -0.39 is 28.5 Å². The zero-order chi connectivity index (χ0) is 27.0. The van der Waals surface area contributed by atoms with E-state index in [1.54, 1.807) is 13.0 Å². The number of benzene rings is 1. The van der Waals surface area contributed by atoms with Crippen molar-refractivity contribution < 1.29 is 33.1 Å². The highest BCUT2D eigenvalue weighted by Crippen LogP contribution is 2.32. The largest absolute Gasteiger partial charge is 0.459 e. The van der Waals surface area contributed by atoms with Crippen LogP contribution in [0.15, 0.2) is 36.8 Å². The predicted molar refractivity (Wildman–Crippen MR) is 127 cm³/mol. The number of ether oxygens (including phenoxy) is 3. The SMILES string of the molecule is CC(=O)NCC1CN(c2ccc(-c3cnc(OCC4(C)Cn5cc([N+](=O)[O-])nc5O4)nc3)c(F)c2)C(=O)O1. The molecule has 2 aromatic heterocycles. The van der Waals surface area contributed by atoms with E-state index in [1.807, 2.05) is 0 Å². The van der Waals surface area contributed by atoms with Gasteiger partial charge in [0.15, 0.2) is 5.60 Å². The first-order valence-corrected chi connectivity index (χ1v) is 11.5. The van der Waals surface area contributed by atoms with Gasteiger partial charge < -0.3 is 29.6 Å². The van der Waals surface area contributed by atoms with Gasteiger partial charge in [-0.15, -0.1) is 0 Å². The van der Waals surface area contributed by atoms with E-state index in [-0.39, 0.29) is 55.6 Å². The molecule has 0 bridgehead atoms. The second-order valence-electron chi connectivity index (χ2n) is 9.08. The van der Waals surface area contributed by atoms with Gasteiger partial charge in [0.2, 0.25) is 5.91 Å². The number of carbonyl (C=O) groups excluding carboxylic acids is 2. The van der Waals surface area contributed by atoms with Crippen molar-refractivity contribution in [2.24, 2.45) is 0 Å². The summed E-state index contributed by atoms with van der Waals surface area (Å²) < 4.78 is 33.1. The lowest BCUT2D eigenvalue weighted by molar-refractivity contribution is -0.389. The minimum atomic E-state index is -0.834. The molecule has 0 saturated carbocycles. The summed E-state index contributed by atoms with van der Waals surface area (Å²) in [5.74, 6) is -1.13. The Hall–Kier alpha value is -4.82. The topological polar surface area (TPSA) is 164 Å². The number of cyclic esters (lactones) is 1. The van der Waals surface area contributed by atoms with Gasteiger partial charge in [0.05, 0.1) is 25.3 Å². The van der Waals surface area contributed by atoms with Crippen molar-refractivity contribution in [1.82, 2.24) is 24.8 Å². The summed E-state index contributed by atoms with van der Waals surface area (Å²) in [5, 5.41) is 13.4. The summed E-state index contributed by atoms with van der Waals surface area (Å²) in [6.45, 7) is 3.80. The van der Waals surface area contributed by atoms with Crippen LogP contribution in [-0.4, -0.2) is 67.8 Å². The molecule has 1 saturated heterocycles. The standard InChI is InChI=1S/C23H22FN7O7/c1-13(32)25-8-16-9-30(22(33)37-16)15-3-4-17(18(24)5-15)14-6-26-20(27-7-14)36-12-23(2)11-29-10-19(31(34)35)28-21(29)38-23/h3-7,10,16H,8-9,11-12H2,1-2H3,(H,25,32). The van der Waals surface area contributed by atoms with Crippen LogP contribution in [0.5, 0.6) is 12.0 Å². The normalized spacial score (nSPS) is 20.0. The molecule has 3 aromatic rings. The number of nitrogens with one attached hydrogen (secondary N) is 1. The van der Waals surface area contributed by atoms with Crippen LogP contribution in [0.25, 0.3) is 11.1 Å². The molecule has 15 heteroatoms. The number of halogens is 1. The van der Waals surface area contributed by atoms with Crippen LogP contribution in [0.2, 0.25) is 0 Å².